The number of piperazine rings is 1. The zero-order chi connectivity index (χ0) is 25.7. The summed E-state index contributed by atoms with van der Waals surface area (Å²) in [6.45, 7) is 11.5. The molecule has 0 aromatic carbocycles. The maximum Gasteiger partial charge on any atom is 0.418 e. The summed E-state index contributed by atoms with van der Waals surface area (Å²) in [5.41, 5.74) is -0.499. The molecule has 0 aliphatic carbocycles. The topological polar surface area (TPSA) is 76.4 Å². The summed E-state index contributed by atoms with van der Waals surface area (Å²) in [5, 5.41) is -0.0897. The third kappa shape index (κ3) is 4.89. The molecule has 3 aromatic rings. The fraction of sp³-hybridized carbons (Fsp3) is 0.500. The highest BCUT2D eigenvalue weighted by Gasteiger charge is 2.40. The van der Waals surface area contributed by atoms with Crippen molar-refractivity contribution in [2.75, 3.05) is 18.0 Å². The summed E-state index contributed by atoms with van der Waals surface area (Å²) in [6.07, 6.45) is -1.24. The number of hydrogen-bond acceptors (Lipinski definition) is 6. The van der Waals surface area contributed by atoms with Gasteiger partial charge in [-0.15, -0.1) is 0 Å². The van der Waals surface area contributed by atoms with Crippen LogP contribution >= 0.6 is 0 Å². The predicted molar refractivity (Wildman–Crippen MR) is 126 cm³/mol. The van der Waals surface area contributed by atoms with E-state index in [1.807, 2.05) is 20.8 Å². The Morgan fingerprint density at radius 1 is 1.09 bits per heavy atom. The first kappa shape index (κ1) is 24.7. The van der Waals surface area contributed by atoms with Crippen LogP contribution in [0.3, 0.4) is 0 Å². The van der Waals surface area contributed by atoms with Crippen molar-refractivity contribution in [1.82, 2.24) is 24.4 Å². The molecular weight excluding hydrogens is 461 g/mol. The Morgan fingerprint density at radius 3 is 2.43 bits per heavy atom. The van der Waals surface area contributed by atoms with Gasteiger partial charge in [-0.05, 0) is 59.2 Å². The third-order valence-corrected chi connectivity index (χ3v) is 5.90. The lowest BCUT2D eigenvalue weighted by molar-refractivity contribution is -0.136. The number of aryl methyl sites for hydroxylation is 1. The Kier molecular flexibility index (Phi) is 6.14. The van der Waals surface area contributed by atoms with E-state index in [1.165, 1.54) is 10.9 Å². The SMILES string of the molecule is Cc1ccnc(-n2cc(C(F)(F)F)c3c(N4C[C@@H](C)N(C(=O)OC(C)(C)C)C[C@@H]4C)ncnc32)c1. The number of ether oxygens (including phenoxy) is 1. The number of halogens is 3. The fourth-order valence-corrected chi connectivity index (χ4v) is 4.30. The minimum absolute atomic E-state index is 0.0897. The van der Waals surface area contributed by atoms with E-state index >= 15 is 0 Å². The van der Waals surface area contributed by atoms with Crippen molar-refractivity contribution in [2.24, 2.45) is 0 Å². The molecule has 188 valence electrons. The number of fused-ring (bicyclic) bond motifs is 1. The van der Waals surface area contributed by atoms with E-state index in [1.54, 1.807) is 48.9 Å². The maximum atomic E-state index is 14.2. The van der Waals surface area contributed by atoms with Crippen LogP contribution in [0.2, 0.25) is 0 Å². The highest BCUT2D eigenvalue weighted by Crippen LogP contribution is 2.41. The number of rotatable bonds is 2. The second-order valence-electron chi connectivity index (χ2n) is 9.98. The molecule has 11 heteroatoms. The van der Waals surface area contributed by atoms with E-state index in [0.717, 1.165) is 11.8 Å². The van der Waals surface area contributed by atoms with E-state index in [0.29, 0.717) is 5.82 Å². The molecule has 0 saturated carbocycles. The Balaban J connectivity index is 1.78. The predicted octanol–water partition coefficient (Wildman–Crippen LogP) is 4.98. The average molecular weight is 491 g/mol. The molecule has 1 saturated heterocycles. The van der Waals surface area contributed by atoms with Crippen molar-refractivity contribution >= 4 is 22.9 Å². The monoisotopic (exact) mass is 490 g/mol. The Hall–Kier alpha value is -3.37. The molecule has 4 heterocycles. The third-order valence-electron chi connectivity index (χ3n) is 5.90. The Labute approximate surface area is 201 Å². The maximum absolute atomic E-state index is 14.2. The smallest absolute Gasteiger partial charge is 0.418 e. The molecule has 1 aliphatic heterocycles. The zero-order valence-corrected chi connectivity index (χ0v) is 20.6. The second kappa shape index (κ2) is 8.69. The number of hydrogen-bond donors (Lipinski definition) is 0. The molecule has 4 rings (SSSR count). The molecular formula is C24H29F3N6O2. The molecule has 35 heavy (non-hydrogen) atoms. The fourth-order valence-electron chi connectivity index (χ4n) is 4.30. The van der Waals surface area contributed by atoms with Gasteiger partial charge in [0.05, 0.1) is 10.9 Å². The first-order chi connectivity index (χ1) is 16.3. The van der Waals surface area contributed by atoms with Gasteiger partial charge in [-0.3, -0.25) is 4.57 Å². The second-order valence-corrected chi connectivity index (χ2v) is 9.98. The van der Waals surface area contributed by atoms with Crippen LogP contribution in [0.4, 0.5) is 23.8 Å². The van der Waals surface area contributed by atoms with Crippen LogP contribution in [0.15, 0.2) is 30.9 Å². The van der Waals surface area contributed by atoms with Crippen molar-refractivity contribution in [1.29, 1.82) is 0 Å². The Bertz CT molecular complexity index is 1250. The quantitative estimate of drug-likeness (QED) is 0.505. The molecule has 1 amide bonds. The number of carbonyl (C=O) groups excluding carboxylic acids is 1. The average Bonchev–Trinajstić information content (AvgIpc) is 3.14. The molecule has 0 N–H and O–H groups in total. The van der Waals surface area contributed by atoms with Gasteiger partial charge in [-0.2, -0.15) is 13.2 Å². The Morgan fingerprint density at radius 2 is 1.80 bits per heavy atom. The lowest BCUT2D eigenvalue weighted by Gasteiger charge is -2.44. The summed E-state index contributed by atoms with van der Waals surface area (Å²) in [4.78, 5) is 28.9. The summed E-state index contributed by atoms with van der Waals surface area (Å²) >= 11 is 0. The highest BCUT2D eigenvalue weighted by atomic mass is 19.4. The molecule has 0 bridgehead atoms. The summed E-state index contributed by atoms with van der Waals surface area (Å²) in [6, 6.07) is 2.86. The molecule has 0 unspecified atom stereocenters. The van der Waals surface area contributed by atoms with E-state index < -0.39 is 23.4 Å². The summed E-state index contributed by atoms with van der Waals surface area (Å²) < 4.78 is 49.5. The van der Waals surface area contributed by atoms with Gasteiger partial charge in [0, 0.05) is 37.6 Å². The van der Waals surface area contributed by atoms with Crippen molar-refractivity contribution in [2.45, 2.75) is 65.4 Å². The number of anilines is 1. The number of nitrogens with zero attached hydrogens (tertiary/aromatic N) is 6. The van der Waals surface area contributed by atoms with Gasteiger partial charge in [-0.25, -0.2) is 19.7 Å². The van der Waals surface area contributed by atoms with E-state index in [4.69, 9.17) is 4.74 Å². The lowest BCUT2D eigenvalue weighted by atomic mass is 10.1. The molecule has 8 nitrogen and oxygen atoms in total. The lowest BCUT2D eigenvalue weighted by Crippen LogP contribution is -2.59. The number of pyridine rings is 1. The van der Waals surface area contributed by atoms with E-state index in [-0.39, 0.29) is 42.0 Å². The molecule has 0 spiro atoms. The largest absolute Gasteiger partial charge is 0.444 e. The summed E-state index contributed by atoms with van der Waals surface area (Å²) in [5.74, 6) is 0.517. The highest BCUT2D eigenvalue weighted by molar-refractivity contribution is 5.93. The van der Waals surface area contributed by atoms with Gasteiger partial charge in [0.1, 0.15) is 23.6 Å². The van der Waals surface area contributed by atoms with Gasteiger partial charge in [0.25, 0.3) is 0 Å². The van der Waals surface area contributed by atoms with Gasteiger partial charge < -0.3 is 14.5 Å². The van der Waals surface area contributed by atoms with Crippen LogP contribution in [-0.4, -0.2) is 61.3 Å². The van der Waals surface area contributed by atoms with E-state index in [2.05, 4.69) is 15.0 Å². The van der Waals surface area contributed by atoms with Crippen LogP contribution in [-0.2, 0) is 10.9 Å². The molecule has 2 atom stereocenters. The van der Waals surface area contributed by atoms with Crippen LogP contribution in [0, 0.1) is 6.92 Å². The normalized spacial score (nSPS) is 19.3. The standard InChI is InChI=1S/C24H29F3N6O2/c1-14-7-8-28-18(9-14)33-12-17(24(25,26)27)19-20(29-13-30-21(19)33)31-10-16(3)32(11-15(31)2)22(34)35-23(4,5)6/h7-9,12-13,15-16H,10-11H2,1-6H3/t15-,16+/m0/s1. The minimum Gasteiger partial charge on any atom is -0.444 e. The zero-order valence-electron chi connectivity index (χ0n) is 20.6. The molecule has 1 fully saturated rings. The van der Waals surface area contributed by atoms with Gasteiger partial charge in [0.2, 0.25) is 0 Å². The molecule has 0 radical (unpaired) electrons. The van der Waals surface area contributed by atoms with Crippen molar-refractivity contribution in [3.05, 3.63) is 42.0 Å². The van der Waals surface area contributed by atoms with Crippen LogP contribution in [0.5, 0.6) is 0 Å². The van der Waals surface area contributed by atoms with Crippen LogP contribution in [0.1, 0.15) is 45.7 Å². The van der Waals surface area contributed by atoms with Crippen molar-refractivity contribution in [3.8, 4) is 5.82 Å². The number of amides is 1. The molecule has 1 aliphatic rings. The first-order valence-corrected chi connectivity index (χ1v) is 11.4. The number of carbonyl (C=O) groups is 1. The summed E-state index contributed by atoms with van der Waals surface area (Å²) in [7, 11) is 0. The van der Waals surface area contributed by atoms with E-state index in [9.17, 15) is 18.0 Å². The van der Waals surface area contributed by atoms with Crippen molar-refractivity contribution in [3.63, 3.8) is 0 Å². The van der Waals surface area contributed by atoms with Gasteiger partial charge >= 0.3 is 12.3 Å². The molecule has 3 aromatic heterocycles. The van der Waals surface area contributed by atoms with Crippen LogP contribution < -0.4 is 4.90 Å². The number of aromatic nitrogens is 4. The van der Waals surface area contributed by atoms with Crippen molar-refractivity contribution < 1.29 is 22.7 Å². The minimum atomic E-state index is -4.63. The first-order valence-electron chi connectivity index (χ1n) is 11.4. The van der Waals surface area contributed by atoms with Gasteiger partial charge in [0.15, 0.2) is 5.65 Å². The van der Waals surface area contributed by atoms with Crippen LogP contribution in [0.25, 0.3) is 16.9 Å². The number of alkyl halides is 3. The van der Waals surface area contributed by atoms with Gasteiger partial charge in [-0.1, -0.05) is 0 Å².